The topological polar surface area (TPSA) is 17.1 Å². The van der Waals surface area contributed by atoms with Crippen LogP contribution in [0.4, 0.5) is 0 Å². The van der Waals surface area contributed by atoms with Crippen LogP contribution in [-0.4, -0.2) is 5.78 Å². The van der Waals surface area contributed by atoms with E-state index in [9.17, 15) is 4.79 Å². The summed E-state index contributed by atoms with van der Waals surface area (Å²) < 4.78 is 0. The lowest BCUT2D eigenvalue weighted by molar-refractivity contribution is 0.0964. The third-order valence-electron chi connectivity index (χ3n) is 3.84. The third-order valence-corrected chi connectivity index (χ3v) is 3.84. The SMILES string of the molecule is Cc1ccccc1C1CC(=O)c2ccccc2C1. The van der Waals surface area contributed by atoms with Crippen LogP contribution in [0.2, 0.25) is 0 Å². The summed E-state index contributed by atoms with van der Waals surface area (Å²) in [5.41, 5.74) is 4.72. The van der Waals surface area contributed by atoms with Gasteiger partial charge in [0.05, 0.1) is 0 Å². The summed E-state index contributed by atoms with van der Waals surface area (Å²) >= 11 is 0. The Bertz CT molecular complexity index is 598. The Morgan fingerprint density at radius 3 is 2.50 bits per heavy atom. The summed E-state index contributed by atoms with van der Waals surface area (Å²) in [5, 5.41) is 0. The second-order valence-corrected chi connectivity index (χ2v) is 5.04. The minimum atomic E-state index is 0.283. The number of hydrogen-bond acceptors (Lipinski definition) is 1. The molecule has 18 heavy (non-hydrogen) atoms. The van der Waals surface area contributed by atoms with E-state index < -0.39 is 0 Å². The molecular weight excluding hydrogens is 220 g/mol. The first-order valence-corrected chi connectivity index (χ1v) is 6.42. The molecule has 0 saturated carbocycles. The molecule has 1 atom stereocenters. The van der Waals surface area contributed by atoms with Crippen LogP contribution < -0.4 is 0 Å². The molecule has 1 unspecified atom stereocenters. The second-order valence-electron chi connectivity index (χ2n) is 5.04. The van der Waals surface area contributed by atoms with E-state index in [4.69, 9.17) is 0 Å². The van der Waals surface area contributed by atoms with Crippen LogP contribution in [0, 0.1) is 6.92 Å². The normalized spacial score (nSPS) is 18.5. The summed E-state index contributed by atoms with van der Waals surface area (Å²) in [6.07, 6.45) is 1.62. The standard InChI is InChI=1S/C17H16O/c1-12-6-2-4-8-15(12)14-10-13-7-3-5-9-16(13)17(18)11-14/h2-9,14H,10-11H2,1H3. The highest BCUT2D eigenvalue weighted by molar-refractivity contribution is 5.99. The number of carbonyl (C=O) groups excluding carboxylic acids is 1. The molecule has 1 aliphatic carbocycles. The number of aryl methyl sites for hydroxylation is 1. The van der Waals surface area contributed by atoms with Gasteiger partial charge >= 0.3 is 0 Å². The van der Waals surface area contributed by atoms with Gasteiger partial charge in [0.2, 0.25) is 0 Å². The van der Waals surface area contributed by atoms with Gasteiger partial charge in [0.15, 0.2) is 5.78 Å². The highest BCUT2D eigenvalue weighted by Crippen LogP contribution is 2.33. The molecule has 0 fully saturated rings. The maximum atomic E-state index is 12.2. The molecule has 90 valence electrons. The number of carbonyl (C=O) groups is 1. The molecule has 0 radical (unpaired) electrons. The largest absolute Gasteiger partial charge is 0.294 e. The first kappa shape index (κ1) is 11.2. The molecule has 0 aliphatic heterocycles. The Hall–Kier alpha value is -1.89. The lowest BCUT2D eigenvalue weighted by atomic mass is 9.78. The van der Waals surface area contributed by atoms with E-state index in [2.05, 4.69) is 37.3 Å². The number of Topliss-reactive ketones (excluding diaryl/α,β-unsaturated/α-hetero) is 1. The Kier molecular flexibility index (Phi) is 2.75. The van der Waals surface area contributed by atoms with Crippen molar-refractivity contribution in [2.75, 3.05) is 0 Å². The zero-order chi connectivity index (χ0) is 12.5. The molecule has 0 heterocycles. The summed E-state index contributed by atoms with van der Waals surface area (Å²) in [5.74, 6) is 0.624. The molecule has 1 heteroatoms. The van der Waals surface area contributed by atoms with E-state index in [0.29, 0.717) is 12.3 Å². The van der Waals surface area contributed by atoms with Crippen LogP contribution in [0.5, 0.6) is 0 Å². The molecule has 0 spiro atoms. The Labute approximate surface area is 107 Å². The average molecular weight is 236 g/mol. The quantitative estimate of drug-likeness (QED) is 0.733. The Morgan fingerprint density at radius 2 is 1.67 bits per heavy atom. The summed E-state index contributed by atoms with van der Waals surface area (Å²) in [7, 11) is 0. The van der Waals surface area contributed by atoms with Crippen LogP contribution in [0.15, 0.2) is 48.5 Å². The molecule has 0 bridgehead atoms. The predicted octanol–water partition coefficient (Wildman–Crippen LogP) is 3.91. The fourth-order valence-electron chi connectivity index (χ4n) is 2.91. The van der Waals surface area contributed by atoms with Gasteiger partial charge in [-0.1, -0.05) is 48.5 Å². The minimum Gasteiger partial charge on any atom is -0.294 e. The molecule has 1 aliphatic rings. The van der Waals surface area contributed by atoms with Gasteiger partial charge in [0.1, 0.15) is 0 Å². The van der Waals surface area contributed by atoms with Crippen molar-refractivity contribution < 1.29 is 4.79 Å². The van der Waals surface area contributed by atoms with Gasteiger partial charge < -0.3 is 0 Å². The van der Waals surface area contributed by atoms with E-state index >= 15 is 0 Å². The van der Waals surface area contributed by atoms with Gasteiger partial charge in [-0.05, 0) is 36.0 Å². The van der Waals surface area contributed by atoms with Crippen molar-refractivity contribution in [2.45, 2.75) is 25.7 Å². The maximum absolute atomic E-state index is 12.2. The molecule has 1 nitrogen and oxygen atoms in total. The molecule has 0 amide bonds. The number of benzene rings is 2. The molecule has 0 aromatic heterocycles. The Morgan fingerprint density at radius 1 is 0.944 bits per heavy atom. The van der Waals surface area contributed by atoms with E-state index in [1.165, 1.54) is 16.7 Å². The maximum Gasteiger partial charge on any atom is 0.163 e. The third kappa shape index (κ3) is 1.86. The minimum absolute atomic E-state index is 0.283. The van der Waals surface area contributed by atoms with E-state index in [0.717, 1.165) is 12.0 Å². The second kappa shape index (κ2) is 4.41. The predicted molar refractivity (Wildman–Crippen MR) is 73.0 cm³/mol. The highest BCUT2D eigenvalue weighted by Gasteiger charge is 2.26. The highest BCUT2D eigenvalue weighted by atomic mass is 16.1. The van der Waals surface area contributed by atoms with Crippen molar-refractivity contribution >= 4 is 5.78 Å². The van der Waals surface area contributed by atoms with Gasteiger partial charge in [-0.25, -0.2) is 0 Å². The zero-order valence-corrected chi connectivity index (χ0v) is 10.5. The first-order valence-electron chi connectivity index (χ1n) is 6.42. The summed E-state index contributed by atoms with van der Waals surface area (Å²) in [6, 6.07) is 16.4. The van der Waals surface area contributed by atoms with Crippen molar-refractivity contribution in [3.05, 3.63) is 70.8 Å². The molecule has 2 aromatic carbocycles. The lowest BCUT2D eigenvalue weighted by Crippen LogP contribution is -2.19. The van der Waals surface area contributed by atoms with Crippen molar-refractivity contribution in [1.29, 1.82) is 0 Å². The van der Waals surface area contributed by atoms with Gasteiger partial charge in [-0.2, -0.15) is 0 Å². The van der Waals surface area contributed by atoms with Gasteiger partial charge in [0.25, 0.3) is 0 Å². The van der Waals surface area contributed by atoms with Gasteiger partial charge in [0, 0.05) is 12.0 Å². The van der Waals surface area contributed by atoms with E-state index in [1.54, 1.807) is 0 Å². The Balaban J connectivity index is 2.00. The van der Waals surface area contributed by atoms with Crippen molar-refractivity contribution in [3.63, 3.8) is 0 Å². The summed E-state index contributed by atoms with van der Waals surface area (Å²) in [4.78, 5) is 12.2. The van der Waals surface area contributed by atoms with Crippen LogP contribution in [0.1, 0.15) is 39.4 Å². The molecule has 0 saturated heterocycles. The van der Waals surface area contributed by atoms with Crippen molar-refractivity contribution in [1.82, 2.24) is 0 Å². The first-order chi connectivity index (χ1) is 8.75. The molecule has 3 rings (SSSR count). The fraction of sp³-hybridized carbons (Fsp3) is 0.235. The molecular formula is C17H16O. The lowest BCUT2D eigenvalue weighted by Gasteiger charge is -2.25. The summed E-state index contributed by atoms with van der Waals surface area (Å²) in [6.45, 7) is 2.13. The van der Waals surface area contributed by atoms with E-state index in [-0.39, 0.29) is 5.78 Å². The molecule has 2 aromatic rings. The van der Waals surface area contributed by atoms with Crippen LogP contribution in [-0.2, 0) is 6.42 Å². The number of rotatable bonds is 1. The van der Waals surface area contributed by atoms with Crippen molar-refractivity contribution in [2.24, 2.45) is 0 Å². The fourth-order valence-corrected chi connectivity index (χ4v) is 2.91. The van der Waals surface area contributed by atoms with Crippen LogP contribution in [0.25, 0.3) is 0 Å². The number of fused-ring (bicyclic) bond motifs is 1. The van der Waals surface area contributed by atoms with Crippen LogP contribution >= 0.6 is 0 Å². The van der Waals surface area contributed by atoms with E-state index in [1.807, 2.05) is 18.2 Å². The molecule has 0 N–H and O–H groups in total. The van der Waals surface area contributed by atoms with Crippen LogP contribution in [0.3, 0.4) is 0 Å². The van der Waals surface area contributed by atoms with Gasteiger partial charge in [-0.15, -0.1) is 0 Å². The van der Waals surface area contributed by atoms with Gasteiger partial charge in [-0.3, -0.25) is 4.79 Å². The average Bonchev–Trinajstić information content (AvgIpc) is 2.39. The number of ketones is 1. The monoisotopic (exact) mass is 236 g/mol. The van der Waals surface area contributed by atoms with Crippen molar-refractivity contribution in [3.8, 4) is 0 Å². The zero-order valence-electron chi connectivity index (χ0n) is 10.5. The smallest absolute Gasteiger partial charge is 0.163 e. The number of hydrogen-bond donors (Lipinski definition) is 0.